The number of ether oxygens (including phenoxy) is 1. The normalized spacial score (nSPS) is 13.6. The monoisotopic (exact) mass is 364 g/mol. The Bertz CT molecular complexity index is 711. The molecule has 2 rings (SSSR count). The molecule has 0 bridgehead atoms. The van der Waals surface area contributed by atoms with Crippen molar-refractivity contribution in [3.05, 3.63) is 40.4 Å². The fraction of sp³-hybridized carbons (Fsp3) is 0.389. The first-order valence-electron chi connectivity index (χ1n) is 8.14. The molecule has 25 heavy (non-hydrogen) atoms. The molecule has 7 heteroatoms. The summed E-state index contributed by atoms with van der Waals surface area (Å²) in [5, 5.41) is 5.90. The van der Waals surface area contributed by atoms with Crippen molar-refractivity contribution in [2.45, 2.75) is 26.7 Å². The number of benzene rings is 1. The summed E-state index contributed by atoms with van der Waals surface area (Å²) in [7, 11) is 0. The van der Waals surface area contributed by atoms with Gasteiger partial charge < -0.3 is 15.4 Å². The van der Waals surface area contributed by atoms with E-state index in [-0.39, 0.29) is 12.5 Å². The van der Waals surface area contributed by atoms with Gasteiger partial charge in [0.15, 0.2) is 0 Å². The zero-order chi connectivity index (χ0) is 18.4. The average molecular weight is 365 g/mol. The number of nitrogens with one attached hydrogen (secondary N) is 2. The van der Waals surface area contributed by atoms with Crippen LogP contribution in [0.3, 0.4) is 0 Å². The van der Waals surface area contributed by atoms with Gasteiger partial charge >= 0.3 is 5.97 Å². The third-order valence-electron chi connectivity index (χ3n) is 3.70. The summed E-state index contributed by atoms with van der Waals surface area (Å²) >= 11 is 6.05. The van der Waals surface area contributed by atoms with Gasteiger partial charge in [-0.15, -0.1) is 0 Å². The fourth-order valence-corrected chi connectivity index (χ4v) is 2.51. The number of amides is 2. The second-order valence-corrected chi connectivity index (χ2v) is 6.31. The molecule has 134 valence electrons. The first-order chi connectivity index (χ1) is 11.9. The summed E-state index contributed by atoms with van der Waals surface area (Å²) < 4.78 is 4.72. The van der Waals surface area contributed by atoms with Gasteiger partial charge in [-0.05, 0) is 50.3 Å². The van der Waals surface area contributed by atoms with Gasteiger partial charge in [-0.2, -0.15) is 0 Å². The highest BCUT2D eigenvalue weighted by Gasteiger charge is 2.23. The van der Waals surface area contributed by atoms with E-state index in [2.05, 4.69) is 10.6 Å². The Morgan fingerprint density at radius 3 is 2.64 bits per heavy atom. The zero-order valence-corrected chi connectivity index (χ0v) is 15.0. The van der Waals surface area contributed by atoms with Crippen molar-refractivity contribution in [3.63, 3.8) is 0 Å². The van der Waals surface area contributed by atoms with E-state index in [9.17, 15) is 14.4 Å². The standard InChI is InChI=1S/C18H21ClN2O4/c1-3-25-16(23)7-6-15(22)21-17-11(2)8-13(19)9-14(17)18(24)20-10-12-4-5-12/h6-9,12H,3-5,10H2,1-2H3,(H,20,24)(H,21,22)/b7-6-. The number of esters is 1. The predicted octanol–water partition coefficient (Wildman–Crippen LogP) is 2.85. The van der Waals surface area contributed by atoms with Gasteiger partial charge in [0.25, 0.3) is 5.91 Å². The Morgan fingerprint density at radius 1 is 1.28 bits per heavy atom. The maximum Gasteiger partial charge on any atom is 0.330 e. The van der Waals surface area contributed by atoms with E-state index in [1.165, 1.54) is 6.07 Å². The van der Waals surface area contributed by atoms with E-state index in [1.807, 2.05) is 0 Å². The number of carbonyl (C=O) groups excluding carboxylic acids is 3. The summed E-state index contributed by atoms with van der Waals surface area (Å²) in [5.74, 6) is -0.889. The number of hydrogen-bond acceptors (Lipinski definition) is 4. The summed E-state index contributed by atoms with van der Waals surface area (Å²) in [5.41, 5.74) is 1.32. The minimum atomic E-state index is -0.604. The molecule has 1 fully saturated rings. The van der Waals surface area contributed by atoms with Crippen LogP contribution >= 0.6 is 11.6 Å². The first-order valence-corrected chi connectivity index (χ1v) is 8.52. The molecule has 2 amide bonds. The number of rotatable bonds is 7. The summed E-state index contributed by atoms with van der Waals surface area (Å²) in [6, 6.07) is 3.17. The predicted molar refractivity (Wildman–Crippen MR) is 95.6 cm³/mol. The Kier molecular flexibility index (Phi) is 6.58. The van der Waals surface area contributed by atoms with Gasteiger partial charge in [0, 0.05) is 23.7 Å². The largest absolute Gasteiger partial charge is 0.463 e. The van der Waals surface area contributed by atoms with Crippen LogP contribution in [-0.4, -0.2) is 30.9 Å². The van der Waals surface area contributed by atoms with Crippen LogP contribution in [0.25, 0.3) is 0 Å². The zero-order valence-electron chi connectivity index (χ0n) is 14.2. The molecule has 2 N–H and O–H groups in total. The maximum atomic E-state index is 12.4. The van der Waals surface area contributed by atoms with Gasteiger partial charge in [0.2, 0.25) is 5.91 Å². The number of aryl methyl sites for hydroxylation is 1. The van der Waals surface area contributed by atoms with Crippen molar-refractivity contribution in [2.75, 3.05) is 18.5 Å². The fourth-order valence-electron chi connectivity index (χ4n) is 2.24. The minimum Gasteiger partial charge on any atom is -0.463 e. The molecule has 1 aromatic rings. The van der Waals surface area contributed by atoms with Crippen LogP contribution in [0, 0.1) is 12.8 Å². The molecule has 1 aromatic carbocycles. The highest BCUT2D eigenvalue weighted by atomic mass is 35.5. The molecule has 0 atom stereocenters. The lowest BCUT2D eigenvalue weighted by atomic mass is 10.1. The Hall–Kier alpha value is -2.34. The van der Waals surface area contributed by atoms with Crippen molar-refractivity contribution in [3.8, 4) is 0 Å². The molecule has 0 saturated heterocycles. The smallest absolute Gasteiger partial charge is 0.330 e. The molecule has 1 aliphatic rings. The lowest BCUT2D eigenvalue weighted by Gasteiger charge is -2.14. The van der Waals surface area contributed by atoms with Crippen molar-refractivity contribution < 1.29 is 19.1 Å². The third kappa shape index (κ3) is 5.90. The number of anilines is 1. The van der Waals surface area contributed by atoms with Gasteiger partial charge in [0.1, 0.15) is 0 Å². The highest BCUT2D eigenvalue weighted by Crippen LogP contribution is 2.29. The van der Waals surface area contributed by atoms with Crippen molar-refractivity contribution in [1.82, 2.24) is 5.32 Å². The molecular weight excluding hydrogens is 344 g/mol. The molecular formula is C18H21ClN2O4. The van der Waals surface area contributed by atoms with E-state index < -0.39 is 11.9 Å². The van der Waals surface area contributed by atoms with E-state index in [0.29, 0.717) is 34.3 Å². The maximum absolute atomic E-state index is 12.4. The molecule has 0 heterocycles. The number of halogens is 1. The molecule has 0 spiro atoms. The summed E-state index contributed by atoms with van der Waals surface area (Å²) in [4.78, 5) is 35.7. The van der Waals surface area contributed by atoms with E-state index in [4.69, 9.17) is 16.3 Å². The van der Waals surface area contributed by atoms with Crippen molar-refractivity contribution in [1.29, 1.82) is 0 Å². The Labute approximate surface area is 151 Å². The molecule has 6 nitrogen and oxygen atoms in total. The van der Waals surface area contributed by atoms with E-state index in [0.717, 1.165) is 25.0 Å². The SMILES string of the molecule is CCOC(=O)/C=C\C(=O)Nc1c(C)cc(Cl)cc1C(=O)NCC1CC1. The molecule has 0 radical (unpaired) electrons. The first kappa shape index (κ1) is 19.0. The van der Waals surface area contributed by atoms with Crippen LogP contribution < -0.4 is 10.6 Å². The molecule has 0 unspecified atom stereocenters. The lowest BCUT2D eigenvalue weighted by molar-refractivity contribution is -0.137. The van der Waals surface area contributed by atoms with Gasteiger partial charge in [-0.3, -0.25) is 9.59 Å². The lowest BCUT2D eigenvalue weighted by Crippen LogP contribution is -2.27. The van der Waals surface area contributed by atoms with E-state index >= 15 is 0 Å². The van der Waals surface area contributed by atoms with Crippen molar-refractivity contribution >= 4 is 35.1 Å². The van der Waals surface area contributed by atoms with Gasteiger partial charge in [0.05, 0.1) is 17.9 Å². The summed E-state index contributed by atoms with van der Waals surface area (Å²) in [6.07, 6.45) is 4.35. The van der Waals surface area contributed by atoms with Gasteiger partial charge in [-0.1, -0.05) is 11.6 Å². The van der Waals surface area contributed by atoms with Crippen LogP contribution in [0.1, 0.15) is 35.7 Å². The minimum absolute atomic E-state index is 0.229. The van der Waals surface area contributed by atoms with Crippen molar-refractivity contribution in [2.24, 2.45) is 5.92 Å². The van der Waals surface area contributed by atoms with Crippen LogP contribution in [-0.2, 0) is 14.3 Å². The Morgan fingerprint density at radius 2 is 2.00 bits per heavy atom. The van der Waals surface area contributed by atoms with Crippen LogP contribution in [0.4, 0.5) is 5.69 Å². The molecule has 0 aromatic heterocycles. The van der Waals surface area contributed by atoms with Crippen LogP contribution in [0.15, 0.2) is 24.3 Å². The second-order valence-electron chi connectivity index (χ2n) is 5.87. The summed E-state index contributed by atoms with van der Waals surface area (Å²) in [6.45, 7) is 4.26. The Balaban J connectivity index is 2.13. The topological polar surface area (TPSA) is 84.5 Å². The molecule has 1 saturated carbocycles. The average Bonchev–Trinajstić information content (AvgIpc) is 3.37. The second kappa shape index (κ2) is 8.67. The molecule has 0 aliphatic heterocycles. The van der Waals surface area contributed by atoms with E-state index in [1.54, 1.807) is 19.9 Å². The quantitative estimate of drug-likeness (QED) is 0.575. The third-order valence-corrected chi connectivity index (χ3v) is 3.92. The highest BCUT2D eigenvalue weighted by molar-refractivity contribution is 6.31. The van der Waals surface area contributed by atoms with Gasteiger partial charge in [-0.25, -0.2) is 4.79 Å². The van der Waals surface area contributed by atoms with Crippen LogP contribution in [0.5, 0.6) is 0 Å². The molecule has 1 aliphatic carbocycles. The number of hydrogen-bond donors (Lipinski definition) is 2. The number of carbonyl (C=O) groups is 3. The van der Waals surface area contributed by atoms with Crippen LogP contribution in [0.2, 0.25) is 5.02 Å².